The molecule has 2 aliphatic rings. The second-order valence-electron chi connectivity index (χ2n) is 8.12. The van der Waals surface area contributed by atoms with Crippen LogP contribution >= 0.6 is 0 Å². The molecule has 2 fully saturated rings. The molecule has 2 aliphatic heterocycles. The molecule has 0 spiro atoms. The van der Waals surface area contributed by atoms with E-state index in [1.165, 1.54) is 0 Å². The maximum atomic E-state index is 6.13. The summed E-state index contributed by atoms with van der Waals surface area (Å²) in [6.45, 7) is 7.44. The van der Waals surface area contributed by atoms with E-state index in [1.807, 2.05) is 48.5 Å². The van der Waals surface area contributed by atoms with Crippen molar-refractivity contribution in [1.82, 2.24) is 0 Å². The monoisotopic (exact) mass is 382 g/mol. The summed E-state index contributed by atoms with van der Waals surface area (Å²) in [5.41, 5.74) is 2.96. The van der Waals surface area contributed by atoms with Crippen LogP contribution in [-0.2, 0) is 25.4 Å². The first kappa shape index (κ1) is 19.5. The van der Waals surface area contributed by atoms with Crippen LogP contribution in [0.5, 0.6) is 5.75 Å². The minimum absolute atomic E-state index is 0.00869. The van der Waals surface area contributed by atoms with Gasteiger partial charge in [0.1, 0.15) is 12.4 Å². The van der Waals surface area contributed by atoms with Gasteiger partial charge in [0.15, 0.2) is 6.29 Å². The molecule has 0 amide bonds. The van der Waals surface area contributed by atoms with Crippen LogP contribution in [0.1, 0.15) is 37.7 Å². The largest absolute Gasteiger partial charge is 0.497 e. The molecule has 0 bridgehead atoms. The summed E-state index contributed by atoms with van der Waals surface area (Å²) in [7, 11) is -0.456. The second kappa shape index (κ2) is 8.66. The average Bonchev–Trinajstić information content (AvgIpc) is 2.74. The summed E-state index contributed by atoms with van der Waals surface area (Å²) in [4.78, 5) is 0. The maximum absolute atomic E-state index is 6.13. The fourth-order valence-electron chi connectivity index (χ4n) is 3.32. The van der Waals surface area contributed by atoms with Gasteiger partial charge in [0.25, 0.3) is 0 Å². The van der Waals surface area contributed by atoms with E-state index in [0.717, 1.165) is 28.8 Å². The molecule has 2 heterocycles. The van der Waals surface area contributed by atoms with Crippen LogP contribution in [0.2, 0.25) is 0 Å². The molecule has 2 aromatic carbocycles. The number of ether oxygens (including phenoxy) is 3. The number of hydrogen-bond acceptors (Lipinski definition) is 5. The second-order valence-corrected chi connectivity index (χ2v) is 8.12. The summed E-state index contributed by atoms with van der Waals surface area (Å²) in [5.74, 6) is 0.758. The van der Waals surface area contributed by atoms with Crippen molar-refractivity contribution in [3.8, 4) is 5.75 Å². The minimum atomic E-state index is -0.456. The van der Waals surface area contributed by atoms with Gasteiger partial charge in [-0.05, 0) is 18.1 Å². The standard InChI is InChI=1S/C22H27BO5/c1-22(2)15-27-23(28-16-22)19-13-18(21-24-11-6-12-25-21)9-10-20(19)26-14-17-7-4-3-5-8-17/h3-5,7-10,13,21H,6,11-12,14-16H2,1-2H3. The molecule has 0 radical (unpaired) electrons. The lowest BCUT2D eigenvalue weighted by molar-refractivity contribution is -0.183. The van der Waals surface area contributed by atoms with Crippen LogP contribution in [0.15, 0.2) is 48.5 Å². The highest BCUT2D eigenvalue weighted by atomic mass is 16.7. The molecule has 0 atom stereocenters. The van der Waals surface area contributed by atoms with Gasteiger partial charge in [-0.25, -0.2) is 0 Å². The van der Waals surface area contributed by atoms with E-state index in [2.05, 4.69) is 13.8 Å². The number of rotatable bonds is 5. The zero-order valence-corrected chi connectivity index (χ0v) is 16.6. The Morgan fingerprint density at radius 3 is 2.43 bits per heavy atom. The summed E-state index contributed by atoms with van der Waals surface area (Å²) >= 11 is 0. The molecule has 5 nitrogen and oxygen atoms in total. The van der Waals surface area contributed by atoms with E-state index in [-0.39, 0.29) is 11.7 Å². The van der Waals surface area contributed by atoms with Crippen LogP contribution in [0.25, 0.3) is 0 Å². The Morgan fingerprint density at radius 2 is 1.71 bits per heavy atom. The van der Waals surface area contributed by atoms with E-state index >= 15 is 0 Å². The molecule has 0 aromatic heterocycles. The van der Waals surface area contributed by atoms with E-state index in [1.54, 1.807) is 0 Å². The first-order valence-corrected chi connectivity index (χ1v) is 9.88. The van der Waals surface area contributed by atoms with Crippen molar-refractivity contribution in [1.29, 1.82) is 0 Å². The van der Waals surface area contributed by atoms with Crippen LogP contribution < -0.4 is 10.2 Å². The smallest absolute Gasteiger partial charge is 0.489 e. The highest BCUT2D eigenvalue weighted by Crippen LogP contribution is 2.27. The summed E-state index contributed by atoms with van der Waals surface area (Å²) in [5, 5.41) is 0. The van der Waals surface area contributed by atoms with Crippen molar-refractivity contribution in [3.63, 3.8) is 0 Å². The SMILES string of the molecule is CC1(C)COB(c2cc(C3OCCCO3)ccc2OCc2ccccc2)OC1. The molecule has 0 saturated carbocycles. The third kappa shape index (κ3) is 4.76. The lowest BCUT2D eigenvalue weighted by atomic mass is 9.74. The fraction of sp³-hybridized carbons (Fsp3) is 0.455. The Morgan fingerprint density at radius 1 is 1.00 bits per heavy atom. The molecular formula is C22H27BO5. The van der Waals surface area contributed by atoms with Crippen LogP contribution in [0, 0.1) is 5.41 Å². The van der Waals surface area contributed by atoms with Crippen molar-refractivity contribution >= 4 is 12.6 Å². The van der Waals surface area contributed by atoms with Gasteiger partial charge >= 0.3 is 7.12 Å². The minimum Gasteiger partial charge on any atom is -0.489 e. The number of benzene rings is 2. The molecule has 2 aromatic rings. The normalized spacial score (nSPS) is 20.1. The Kier molecular flexibility index (Phi) is 6.02. The van der Waals surface area contributed by atoms with Crippen molar-refractivity contribution < 1.29 is 23.5 Å². The Hall–Kier alpha value is -1.86. The van der Waals surface area contributed by atoms with Gasteiger partial charge < -0.3 is 23.5 Å². The van der Waals surface area contributed by atoms with Crippen LogP contribution in [0.4, 0.5) is 0 Å². The zero-order valence-electron chi connectivity index (χ0n) is 16.6. The van der Waals surface area contributed by atoms with Gasteiger partial charge in [-0.3, -0.25) is 0 Å². The Labute approximate surface area is 167 Å². The van der Waals surface area contributed by atoms with Crippen LogP contribution in [-0.4, -0.2) is 33.5 Å². The van der Waals surface area contributed by atoms with Gasteiger partial charge in [0, 0.05) is 29.7 Å². The zero-order chi connectivity index (χ0) is 19.4. The fourth-order valence-corrected chi connectivity index (χ4v) is 3.32. The first-order chi connectivity index (χ1) is 13.6. The van der Waals surface area contributed by atoms with Gasteiger partial charge in [-0.2, -0.15) is 0 Å². The number of hydrogen-bond donors (Lipinski definition) is 0. The molecule has 0 unspecified atom stereocenters. The lowest BCUT2D eigenvalue weighted by Gasteiger charge is -2.34. The van der Waals surface area contributed by atoms with E-state index in [4.69, 9.17) is 23.5 Å². The molecule has 148 valence electrons. The average molecular weight is 382 g/mol. The maximum Gasteiger partial charge on any atom is 0.497 e. The predicted molar refractivity (Wildman–Crippen MR) is 108 cm³/mol. The molecule has 0 aliphatic carbocycles. The molecule has 4 rings (SSSR count). The van der Waals surface area contributed by atoms with Gasteiger partial charge in [0.2, 0.25) is 0 Å². The van der Waals surface area contributed by atoms with Crippen LogP contribution in [0.3, 0.4) is 0 Å². The molecule has 2 saturated heterocycles. The van der Waals surface area contributed by atoms with Crippen molar-refractivity contribution in [2.75, 3.05) is 26.4 Å². The van der Waals surface area contributed by atoms with E-state index < -0.39 is 7.12 Å². The third-order valence-corrected chi connectivity index (χ3v) is 4.88. The van der Waals surface area contributed by atoms with Gasteiger partial charge in [0.05, 0.1) is 13.2 Å². The predicted octanol–water partition coefficient (Wildman–Crippen LogP) is 3.47. The highest BCUT2D eigenvalue weighted by molar-refractivity contribution is 6.62. The summed E-state index contributed by atoms with van der Waals surface area (Å²) < 4.78 is 29.7. The van der Waals surface area contributed by atoms with Gasteiger partial charge in [-0.1, -0.05) is 56.3 Å². The summed E-state index contributed by atoms with van der Waals surface area (Å²) in [6, 6.07) is 16.1. The summed E-state index contributed by atoms with van der Waals surface area (Å²) in [6.07, 6.45) is 0.571. The Bertz CT molecular complexity index is 764. The molecule has 28 heavy (non-hydrogen) atoms. The quantitative estimate of drug-likeness (QED) is 0.742. The topological polar surface area (TPSA) is 46.2 Å². The van der Waals surface area contributed by atoms with E-state index in [0.29, 0.717) is 33.0 Å². The molecular weight excluding hydrogens is 355 g/mol. The van der Waals surface area contributed by atoms with Gasteiger partial charge in [-0.15, -0.1) is 0 Å². The highest BCUT2D eigenvalue weighted by Gasteiger charge is 2.36. The van der Waals surface area contributed by atoms with Crippen molar-refractivity contribution in [2.24, 2.45) is 5.41 Å². The first-order valence-electron chi connectivity index (χ1n) is 9.88. The third-order valence-electron chi connectivity index (χ3n) is 4.88. The van der Waals surface area contributed by atoms with Crippen molar-refractivity contribution in [2.45, 2.75) is 33.2 Å². The molecule has 6 heteroatoms. The Balaban J connectivity index is 1.56. The van der Waals surface area contributed by atoms with E-state index in [9.17, 15) is 0 Å². The molecule has 0 N–H and O–H groups in total. The lowest BCUT2D eigenvalue weighted by Crippen LogP contribution is -2.48. The van der Waals surface area contributed by atoms with Crippen molar-refractivity contribution in [3.05, 3.63) is 59.7 Å².